The molecule has 0 fully saturated rings. The Labute approximate surface area is 132 Å². The van der Waals surface area contributed by atoms with Crippen LogP contribution in [0.3, 0.4) is 0 Å². The molecule has 0 unspecified atom stereocenters. The first-order valence-corrected chi connectivity index (χ1v) is 7.05. The van der Waals surface area contributed by atoms with E-state index in [2.05, 4.69) is 26.1 Å². The number of nitrogens with two attached hydrogens (primary N) is 1. The fraction of sp³-hybridized carbons (Fsp3) is 0. The number of aromatic nitrogens is 2. The van der Waals surface area contributed by atoms with Crippen molar-refractivity contribution >= 4 is 33.2 Å². The molecule has 1 aromatic heterocycles. The van der Waals surface area contributed by atoms with E-state index in [9.17, 15) is 4.39 Å². The summed E-state index contributed by atoms with van der Waals surface area (Å²) in [6.07, 6.45) is 0. The zero-order valence-electron chi connectivity index (χ0n) is 10.5. The summed E-state index contributed by atoms with van der Waals surface area (Å²) in [5, 5.41) is 4.29. The highest BCUT2D eigenvalue weighted by Crippen LogP contribution is 2.30. The molecule has 21 heavy (non-hydrogen) atoms. The van der Waals surface area contributed by atoms with Crippen LogP contribution in [0.2, 0.25) is 5.02 Å². The van der Waals surface area contributed by atoms with E-state index in [1.807, 2.05) is 0 Å². The second-order valence-corrected chi connectivity index (χ2v) is 5.64. The van der Waals surface area contributed by atoms with E-state index in [0.717, 1.165) is 0 Å². The average Bonchev–Trinajstić information content (AvgIpc) is 2.90. The van der Waals surface area contributed by atoms with Gasteiger partial charge in [-0.25, -0.2) is 4.39 Å². The van der Waals surface area contributed by atoms with Crippen molar-refractivity contribution in [3.8, 4) is 22.8 Å². The Bertz CT molecular complexity index is 801. The molecular formula is C14H8BrClFN3O. The molecular weight excluding hydrogens is 361 g/mol. The van der Waals surface area contributed by atoms with Gasteiger partial charge in [-0.15, -0.1) is 0 Å². The Hall–Kier alpha value is -1.92. The highest BCUT2D eigenvalue weighted by atomic mass is 79.9. The first kappa shape index (κ1) is 14.0. The number of anilines is 1. The monoisotopic (exact) mass is 367 g/mol. The van der Waals surface area contributed by atoms with Crippen LogP contribution in [0.4, 0.5) is 10.1 Å². The molecule has 3 aromatic rings. The summed E-state index contributed by atoms with van der Waals surface area (Å²) in [6, 6.07) is 9.32. The molecule has 0 spiro atoms. The van der Waals surface area contributed by atoms with Gasteiger partial charge in [0, 0.05) is 15.7 Å². The highest BCUT2D eigenvalue weighted by Gasteiger charge is 2.14. The minimum Gasteiger partial charge on any atom is -0.399 e. The zero-order valence-corrected chi connectivity index (χ0v) is 12.8. The molecule has 0 aliphatic rings. The Morgan fingerprint density at radius 3 is 2.76 bits per heavy atom. The van der Waals surface area contributed by atoms with Crippen molar-refractivity contribution in [2.75, 3.05) is 5.73 Å². The molecule has 0 amide bonds. The fourth-order valence-electron chi connectivity index (χ4n) is 1.84. The molecule has 106 valence electrons. The third-order valence-electron chi connectivity index (χ3n) is 2.77. The van der Waals surface area contributed by atoms with E-state index >= 15 is 0 Å². The highest BCUT2D eigenvalue weighted by molar-refractivity contribution is 9.10. The molecule has 1 heterocycles. The van der Waals surface area contributed by atoms with Gasteiger partial charge in [0.25, 0.3) is 5.89 Å². The van der Waals surface area contributed by atoms with Gasteiger partial charge in [-0.2, -0.15) is 4.98 Å². The van der Waals surface area contributed by atoms with Crippen molar-refractivity contribution < 1.29 is 8.91 Å². The Balaban J connectivity index is 2.05. The van der Waals surface area contributed by atoms with Crippen LogP contribution in [-0.2, 0) is 0 Å². The van der Waals surface area contributed by atoms with Gasteiger partial charge in [0.1, 0.15) is 5.82 Å². The molecule has 0 aliphatic heterocycles. The minimum atomic E-state index is -0.396. The van der Waals surface area contributed by atoms with Gasteiger partial charge in [0.2, 0.25) is 5.82 Å². The van der Waals surface area contributed by atoms with Gasteiger partial charge in [-0.05, 0) is 36.4 Å². The van der Waals surface area contributed by atoms with Crippen molar-refractivity contribution in [1.82, 2.24) is 10.1 Å². The summed E-state index contributed by atoms with van der Waals surface area (Å²) in [7, 11) is 0. The van der Waals surface area contributed by atoms with Gasteiger partial charge >= 0.3 is 0 Å². The van der Waals surface area contributed by atoms with Gasteiger partial charge in [-0.1, -0.05) is 32.7 Å². The fourth-order valence-corrected chi connectivity index (χ4v) is 2.50. The van der Waals surface area contributed by atoms with Crippen LogP contribution in [0.1, 0.15) is 0 Å². The first-order valence-electron chi connectivity index (χ1n) is 5.88. The van der Waals surface area contributed by atoms with Gasteiger partial charge in [-0.3, -0.25) is 0 Å². The summed E-state index contributed by atoms with van der Waals surface area (Å²) in [4.78, 5) is 4.23. The molecule has 7 heteroatoms. The number of halogens is 3. The molecule has 0 bridgehead atoms. The number of nitrogen functional groups attached to an aromatic ring is 1. The van der Waals surface area contributed by atoms with Crippen molar-refractivity contribution in [3.05, 3.63) is 51.7 Å². The second kappa shape index (κ2) is 5.46. The second-order valence-electron chi connectivity index (χ2n) is 4.32. The van der Waals surface area contributed by atoms with E-state index < -0.39 is 5.82 Å². The maximum atomic E-state index is 13.4. The van der Waals surface area contributed by atoms with Gasteiger partial charge in [0.15, 0.2) is 0 Å². The topological polar surface area (TPSA) is 64.9 Å². The van der Waals surface area contributed by atoms with Crippen molar-refractivity contribution in [2.45, 2.75) is 0 Å². The maximum absolute atomic E-state index is 13.4. The first-order chi connectivity index (χ1) is 10.0. The van der Waals surface area contributed by atoms with Crippen LogP contribution < -0.4 is 5.73 Å². The molecule has 2 N–H and O–H groups in total. The lowest BCUT2D eigenvalue weighted by molar-refractivity contribution is 0.432. The summed E-state index contributed by atoms with van der Waals surface area (Å²) >= 11 is 9.30. The van der Waals surface area contributed by atoms with Crippen LogP contribution in [0.15, 0.2) is 45.4 Å². The van der Waals surface area contributed by atoms with E-state index in [4.69, 9.17) is 21.9 Å². The van der Waals surface area contributed by atoms with Crippen LogP contribution in [0.5, 0.6) is 0 Å². The van der Waals surface area contributed by atoms with E-state index in [-0.39, 0.29) is 11.7 Å². The smallest absolute Gasteiger partial charge is 0.259 e. The van der Waals surface area contributed by atoms with Crippen LogP contribution in [0, 0.1) is 5.82 Å². The Morgan fingerprint density at radius 2 is 2.00 bits per heavy atom. The Morgan fingerprint density at radius 1 is 1.19 bits per heavy atom. The molecule has 2 aromatic carbocycles. The van der Waals surface area contributed by atoms with Crippen molar-refractivity contribution in [3.63, 3.8) is 0 Å². The molecule has 4 nitrogen and oxygen atoms in total. The largest absolute Gasteiger partial charge is 0.399 e. The van der Waals surface area contributed by atoms with Crippen LogP contribution >= 0.6 is 27.5 Å². The lowest BCUT2D eigenvalue weighted by Crippen LogP contribution is -1.87. The molecule has 0 saturated carbocycles. The number of benzene rings is 2. The maximum Gasteiger partial charge on any atom is 0.259 e. The van der Waals surface area contributed by atoms with Gasteiger partial charge in [0.05, 0.1) is 10.6 Å². The number of hydrogen-bond donors (Lipinski definition) is 1. The number of rotatable bonds is 2. The summed E-state index contributed by atoms with van der Waals surface area (Å²) < 4.78 is 19.2. The molecule has 0 atom stereocenters. The van der Waals surface area contributed by atoms with E-state index in [1.54, 1.807) is 24.3 Å². The quantitative estimate of drug-likeness (QED) is 0.674. The van der Waals surface area contributed by atoms with Gasteiger partial charge < -0.3 is 10.3 Å². The summed E-state index contributed by atoms with van der Waals surface area (Å²) in [5.74, 6) is 0.0964. The average molecular weight is 369 g/mol. The van der Waals surface area contributed by atoms with Crippen molar-refractivity contribution in [1.29, 1.82) is 0 Å². The van der Waals surface area contributed by atoms with Crippen LogP contribution in [-0.4, -0.2) is 10.1 Å². The van der Waals surface area contributed by atoms with E-state index in [1.165, 1.54) is 12.1 Å². The predicted molar refractivity (Wildman–Crippen MR) is 82.3 cm³/mol. The zero-order chi connectivity index (χ0) is 15.0. The molecule has 0 aliphatic carbocycles. The number of hydrogen-bond acceptors (Lipinski definition) is 4. The van der Waals surface area contributed by atoms with E-state index in [0.29, 0.717) is 26.3 Å². The third-order valence-corrected chi connectivity index (χ3v) is 3.56. The number of nitrogens with zero attached hydrogens (tertiary/aromatic N) is 2. The summed E-state index contributed by atoms with van der Waals surface area (Å²) in [6.45, 7) is 0. The standard InChI is InChI=1S/C14H8BrClFN3O/c15-8-3-7(4-9(17)5-8)13-19-14(21-20-13)11-6-10(18)1-2-12(11)16/h1-6H,18H2. The third kappa shape index (κ3) is 2.91. The Kier molecular flexibility index (Phi) is 3.65. The van der Waals surface area contributed by atoms with Crippen molar-refractivity contribution in [2.24, 2.45) is 0 Å². The predicted octanol–water partition coefficient (Wildman–Crippen LogP) is 4.54. The minimum absolute atomic E-state index is 0.225. The lowest BCUT2D eigenvalue weighted by atomic mass is 10.2. The van der Waals surface area contributed by atoms with Crippen LogP contribution in [0.25, 0.3) is 22.8 Å². The molecule has 0 radical (unpaired) electrons. The lowest BCUT2D eigenvalue weighted by Gasteiger charge is -1.99. The summed E-state index contributed by atoms with van der Waals surface area (Å²) in [5.41, 5.74) is 7.28. The normalized spacial score (nSPS) is 10.8. The SMILES string of the molecule is Nc1ccc(Cl)c(-c2nc(-c3cc(F)cc(Br)c3)no2)c1. The molecule has 3 rings (SSSR count). The molecule has 0 saturated heterocycles.